The number of carbonyl (C=O) groups excluding carboxylic acids is 2. The zero-order valence-corrected chi connectivity index (χ0v) is 22.3. The van der Waals surface area contributed by atoms with Gasteiger partial charge in [0.2, 0.25) is 0 Å². The molecule has 4 aromatic rings. The lowest BCUT2D eigenvalue weighted by Crippen LogP contribution is -2.21. The molecule has 11 nitrogen and oxygen atoms in total. The van der Waals surface area contributed by atoms with Crippen molar-refractivity contribution in [2.75, 3.05) is 30.9 Å². The number of methoxy groups -OCH3 is 2. The van der Waals surface area contributed by atoms with Crippen molar-refractivity contribution < 1.29 is 37.3 Å². The first-order valence-corrected chi connectivity index (χ1v) is 13.6. The first-order valence-electron chi connectivity index (χ1n) is 11.3. The fourth-order valence-corrected chi connectivity index (χ4v) is 5.13. The topological polar surface area (TPSA) is 153 Å². The summed E-state index contributed by atoms with van der Waals surface area (Å²) in [6.45, 7) is -0.684. The third-order valence-corrected chi connectivity index (χ3v) is 7.45. The zero-order valence-electron chi connectivity index (χ0n) is 20.7. The van der Waals surface area contributed by atoms with Gasteiger partial charge in [0.1, 0.15) is 22.8 Å². The van der Waals surface area contributed by atoms with Gasteiger partial charge in [-0.2, -0.15) is 0 Å². The van der Waals surface area contributed by atoms with Crippen LogP contribution in [0.25, 0.3) is 11.3 Å². The number of nitrogens with zero attached hydrogens (tertiary/aromatic N) is 1. The van der Waals surface area contributed by atoms with Crippen molar-refractivity contribution in [1.29, 1.82) is 0 Å². The highest BCUT2D eigenvalue weighted by Gasteiger charge is 2.21. The second-order valence-corrected chi connectivity index (χ2v) is 10.4. The highest BCUT2D eigenvalue weighted by Crippen LogP contribution is 2.27. The summed E-state index contributed by atoms with van der Waals surface area (Å²) in [7, 11) is -1.05. The summed E-state index contributed by atoms with van der Waals surface area (Å²) < 4.78 is 43.1. The van der Waals surface area contributed by atoms with Crippen molar-refractivity contribution in [1.82, 2.24) is 4.98 Å². The third kappa shape index (κ3) is 6.83. The van der Waals surface area contributed by atoms with E-state index in [-0.39, 0.29) is 10.6 Å². The number of nitrogens with one attached hydrogen (secondary N) is 2. The molecule has 202 valence electrons. The van der Waals surface area contributed by atoms with E-state index >= 15 is 0 Å². The molecule has 0 bridgehead atoms. The van der Waals surface area contributed by atoms with Crippen LogP contribution in [0, 0.1) is 0 Å². The predicted octanol–water partition coefficient (Wildman–Crippen LogP) is 4.13. The molecule has 3 aromatic carbocycles. The van der Waals surface area contributed by atoms with E-state index in [1.165, 1.54) is 30.6 Å². The molecule has 0 fully saturated rings. The molecule has 39 heavy (non-hydrogen) atoms. The van der Waals surface area contributed by atoms with Crippen molar-refractivity contribution in [3.05, 3.63) is 77.7 Å². The second-order valence-electron chi connectivity index (χ2n) is 7.90. The van der Waals surface area contributed by atoms with E-state index in [0.29, 0.717) is 22.3 Å². The van der Waals surface area contributed by atoms with E-state index in [1.807, 2.05) is 12.1 Å². The Hall–Kier alpha value is -4.62. The average Bonchev–Trinajstić information content (AvgIpc) is 3.40. The van der Waals surface area contributed by atoms with Crippen LogP contribution in [0.3, 0.4) is 0 Å². The van der Waals surface area contributed by atoms with E-state index in [9.17, 15) is 23.1 Å². The van der Waals surface area contributed by atoms with Gasteiger partial charge in [0.15, 0.2) is 11.7 Å². The van der Waals surface area contributed by atoms with Crippen molar-refractivity contribution in [2.45, 2.75) is 4.90 Å². The van der Waals surface area contributed by atoms with E-state index in [4.69, 9.17) is 14.2 Å². The molecule has 0 radical (unpaired) electrons. The van der Waals surface area contributed by atoms with Crippen LogP contribution in [-0.4, -0.2) is 51.2 Å². The number of aromatic nitrogens is 1. The number of ether oxygens (including phenoxy) is 3. The number of carbonyl (C=O) groups is 2. The number of phenolic OH excluding ortho intramolecular Hbond substituents is 1. The molecule has 0 aliphatic carbocycles. The van der Waals surface area contributed by atoms with Gasteiger partial charge in [-0.1, -0.05) is 0 Å². The number of thiazole rings is 1. The van der Waals surface area contributed by atoms with E-state index < -0.39 is 39.8 Å². The van der Waals surface area contributed by atoms with Gasteiger partial charge >= 0.3 is 5.97 Å². The van der Waals surface area contributed by atoms with Crippen LogP contribution in [0.5, 0.6) is 17.2 Å². The van der Waals surface area contributed by atoms with E-state index in [2.05, 4.69) is 15.0 Å². The van der Waals surface area contributed by atoms with Crippen molar-refractivity contribution in [2.24, 2.45) is 0 Å². The first kappa shape index (κ1) is 27.4. The lowest BCUT2D eigenvalue weighted by atomic mass is 10.2. The number of esters is 1. The van der Waals surface area contributed by atoms with Gasteiger partial charge in [0, 0.05) is 16.6 Å². The monoisotopic (exact) mass is 569 g/mol. The number of anilines is 2. The summed E-state index contributed by atoms with van der Waals surface area (Å²) in [6.07, 6.45) is 0. The van der Waals surface area contributed by atoms with Gasteiger partial charge in [-0.3, -0.25) is 14.8 Å². The van der Waals surface area contributed by atoms with E-state index in [1.54, 1.807) is 36.8 Å². The predicted molar refractivity (Wildman–Crippen MR) is 145 cm³/mol. The number of aromatic hydroxyl groups is 1. The minimum Gasteiger partial charge on any atom is -0.507 e. The Morgan fingerprint density at radius 1 is 0.949 bits per heavy atom. The molecule has 0 saturated heterocycles. The molecule has 0 atom stereocenters. The Kier molecular flexibility index (Phi) is 8.32. The fourth-order valence-electron chi connectivity index (χ4n) is 3.31. The molecule has 4 rings (SSSR count). The Morgan fingerprint density at radius 2 is 1.59 bits per heavy atom. The van der Waals surface area contributed by atoms with Gasteiger partial charge < -0.3 is 19.3 Å². The summed E-state index contributed by atoms with van der Waals surface area (Å²) in [6, 6.07) is 16.5. The highest BCUT2D eigenvalue weighted by atomic mass is 32.2. The molecule has 0 saturated carbocycles. The Morgan fingerprint density at radius 3 is 2.23 bits per heavy atom. The van der Waals surface area contributed by atoms with Crippen LogP contribution in [-0.2, 0) is 19.6 Å². The standard InChI is InChI=1S/C26H23N3O8S2/c1-35-18-7-3-16(4-8-18)22-15-38-26(27-22)28-24(31)14-37-25(32)21-13-20(11-12-23(21)30)39(33,34)29-17-5-9-19(36-2)10-6-17/h3-13,15,29-30H,14H2,1-2H3,(H,27,28,31). The summed E-state index contributed by atoms with van der Waals surface area (Å²) in [5.41, 5.74) is 1.31. The molecular formula is C26H23N3O8S2. The van der Waals surface area contributed by atoms with Crippen LogP contribution in [0.4, 0.5) is 10.8 Å². The Balaban J connectivity index is 1.37. The highest BCUT2D eigenvalue weighted by molar-refractivity contribution is 7.92. The van der Waals surface area contributed by atoms with E-state index in [0.717, 1.165) is 23.8 Å². The summed E-state index contributed by atoms with van der Waals surface area (Å²) in [5, 5.41) is 14.7. The lowest BCUT2D eigenvalue weighted by Gasteiger charge is -2.11. The van der Waals surface area contributed by atoms with Crippen LogP contribution in [0.15, 0.2) is 77.0 Å². The average molecular weight is 570 g/mol. The maximum absolute atomic E-state index is 12.8. The lowest BCUT2D eigenvalue weighted by molar-refractivity contribution is -0.119. The third-order valence-electron chi connectivity index (χ3n) is 5.31. The van der Waals surface area contributed by atoms with Gasteiger partial charge in [-0.15, -0.1) is 11.3 Å². The minimum absolute atomic E-state index is 0.266. The van der Waals surface area contributed by atoms with Gasteiger partial charge in [-0.25, -0.2) is 18.2 Å². The number of phenols is 1. The number of hydrogen-bond acceptors (Lipinski definition) is 10. The number of amides is 1. The molecular weight excluding hydrogens is 546 g/mol. The van der Waals surface area contributed by atoms with Gasteiger partial charge in [0.05, 0.1) is 24.8 Å². The first-order chi connectivity index (χ1) is 18.7. The van der Waals surface area contributed by atoms with Crippen molar-refractivity contribution in [3.8, 4) is 28.5 Å². The number of rotatable bonds is 10. The maximum Gasteiger partial charge on any atom is 0.342 e. The van der Waals surface area contributed by atoms with Gasteiger partial charge in [0.25, 0.3) is 15.9 Å². The van der Waals surface area contributed by atoms with Crippen LogP contribution >= 0.6 is 11.3 Å². The Labute approximate surface area is 228 Å². The summed E-state index contributed by atoms with van der Waals surface area (Å²) in [5.74, 6) is -1.00. The fraction of sp³-hybridized carbons (Fsp3) is 0.115. The molecule has 1 heterocycles. The van der Waals surface area contributed by atoms with Crippen molar-refractivity contribution >= 4 is 44.1 Å². The van der Waals surface area contributed by atoms with Crippen LogP contribution < -0.4 is 19.5 Å². The second kappa shape index (κ2) is 11.8. The van der Waals surface area contributed by atoms with Crippen LogP contribution in [0.2, 0.25) is 0 Å². The molecule has 0 unspecified atom stereocenters. The summed E-state index contributed by atoms with van der Waals surface area (Å²) in [4.78, 5) is 28.9. The molecule has 0 aliphatic rings. The smallest absolute Gasteiger partial charge is 0.342 e. The zero-order chi connectivity index (χ0) is 28.0. The molecule has 1 amide bonds. The summed E-state index contributed by atoms with van der Waals surface area (Å²) >= 11 is 1.19. The molecule has 13 heteroatoms. The largest absolute Gasteiger partial charge is 0.507 e. The molecule has 1 aromatic heterocycles. The number of benzene rings is 3. The number of sulfonamides is 1. The van der Waals surface area contributed by atoms with Gasteiger partial charge in [-0.05, 0) is 66.7 Å². The SMILES string of the molecule is COc1ccc(NS(=O)(=O)c2ccc(O)c(C(=O)OCC(=O)Nc3nc(-c4ccc(OC)cc4)cs3)c2)cc1. The quantitative estimate of drug-likeness (QED) is 0.239. The Bertz CT molecular complexity index is 1580. The number of hydrogen-bond donors (Lipinski definition) is 3. The molecule has 3 N–H and O–H groups in total. The van der Waals surface area contributed by atoms with Crippen LogP contribution in [0.1, 0.15) is 10.4 Å². The van der Waals surface area contributed by atoms with Crippen molar-refractivity contribution in [3.63, 3.8) is 0 Å². The minimum atomic E-state index is -4.11. The maximum atomic E-state index is 12.8. The normalized spacial score (nSPS) is 10.9. The molecule has 0 spiro atoms. The molecule has 0 aliphatic heterocycles.